The first kappa shape index (κ1) is 17.3. The number of aromatic nitrogens is 1. The van der Waals surface area contributed by atoms with Crippen LogP contribution in [-0.4, -0.2) is 37.0 Å². The van der Waals surface area contributed by atoms with Gasteiger partial charge in [-0.1, -0.05) is 34.1 Å². The standard InChI is InChI=1S/C17H21BrN4O/c1-19-17(20-11-15-5-4-6-16(21-15)23-3)22(2)12-13-7-9-14(18)10-8-13/h4-10H,11-12H2,1-3H3,(H,19,20). The number of methoxy groups -OCH3 is 1. The molecule has 1 heterocycles. The zero-order valence-electron chi connectivity index (χ0n) is 13.6. The highest BCUT2D eigenvalue weighted by Crippen LogP contribution is 2.12. The van der Waals surface area contributed by atoms with Gasteiger partial charge in [-0.25, -0.2) is 4.98 Å². The number of nitrogens with zero attached hydrogens (tertiary/aromatic N) is 3. The lowest BCUT2D eigenvalue weighted by Gasteiger charge is -2.22. The van der Waals surface area contributed by atoms with Gasteiger partial charge in [-0.3, -0.25) is 4.99 Å². The van der Waals surface area contributed by atoms with E-state index in [9.17, 15) is 0 Å². The number of hydrogen-bond acceptors (Lipinski definition) is 3. The van der Waals surface area contributed by atoms with Crippen LogP contribution in [0.25, 0.3) is 0 Å². The molecule has 0 unspecified atom stereocenters. The smallest absolute Gasteiger partial charge is 0.213 e. The topological polar surface area (TPSA) is 49.8 Å². The summed E-state index contributed by atoms with van der Waals surface area (Å²) in [5.74, 6) is 1.43. The first-order valence-electron chi connectivity index (χ1n) is 7.28. The average molecular weight is 377 g/mol. The fourth-order valence-electron chi connectivity index (χ4n) is 2.16. The van der Waals surface area contributed by atoms with Crippen molar-refractivity contribution >= 4 is 21.9 Å². The zero-order chi connectivity index (χ0) is 16.7. The lowest BCUT2D eigenvalue weighted by Crippen LogP contribution is -2.38. The molecule has 2 rings (SSSR count). The largest absolute Gasteiger partial charge is 0.481 e. The summed E-state index contributed by atoms with van der Waals surface area (Å²) in [6.07, 6.45) is 0. The molecular formula is C17H21BrN4O. The van der Waals surface area contributed by atoms with Crippen LogP contribution < -0.4 is 10.1 Å². The van der Waals surface area contributed by atoms with Crippen LogP contribution in [0.4, 0.5) is 0 Å². The van der Waals surface area contributed by atoms with Crippen LogP contribution in [0.1, 0.15) is 11.3 Å². The van der Waals surface area contributed by atoms with Gasteiger partial charge in [0.25, 0.3) is 0 Å². The molecule has 1 aromatic carbocycles. The van der Waals surface area contributed by atoms with Gasteiger partial charge in [0.2, 0.25) is 5.88 Å². The summed E-state index contributed by atoms with van der Waals surface area (Å²) in [4.78, 5) is 10.8. The molecule has 0 fully saturated rings. The van der Waals surface area contributed by atoms with E-state index in [0.717, 1.165) is 22.7 Å². The number of guanidine groups is 1. The minimum Gasteiger partial charge on any atom is -0.481 e. The highest BCUT2D eigenvalue weighted by atomic mass is 79.9. The van der Waals surface area contributed by atoms with Gasteiger partial charge in [0.1, 0.15) is 0 Å². The highest BCUT2D eigenvalue weighted by molar-refractivity contribution is 9.10. The van der Waals surface area contributed by atoms with Gasteiger partial charge in [0, 0.05) is 31.2 Å². The third-order valence-corrected chi connectivity index (χ3v) is 3.85. The summed E-state index contributed by atoms with van der Waals surface area (Å²) in [7, 11) is 5.40. The van der Waals surface area contributed by atoms with Crippen molar-refractivity contribution in [1.29, 1.82) is 0 Å². The molecule has 1 N–H and O–H groups in total. The van der Waals surface area contributed by atoms with E-state index >= 15 is 0 Å². The van der Waals surface area contributed by atoms with Crippen LogP contribution in [0, 0.1) is 0 Å². The molecule has 6 heteroatoms. The Hall–Kier alpha value is -2.08. The van der Waals surface area contributed by atoms with Crippen molar-refractivity contribution < 1.29 is 4.74 Å². The first-order valence-corrected chi connectivity index (χ1v) is 8.08. The predicted molar refractivity (Wildman–Crippen MR) is 96.6 cm³/mol. The molecule has 0 aliphatic heterocycles. The summed E-state index contributed by atoms with van der Waals surface area (Å²) in [6.45, 7) is 1.37. The van der Waals surface area contributed by atoms with Crippen LogP contribution in [0.5, 0.6) is 5.88 Å². The van der Waals surface area contributed by atoms with Gasteiger partial charge in [-0.05, 0) is 23.8 Å². The normalized spacial score (nSPS) is 11.2. The lowest BCUT2D eigenvalue weighted by atomic mass is 10.2. The van der Waals surface area contributed by atoms with Gasteiger partial charge in [-0.15, -0.1) is 0 Å². The Bertz CT molecular complexity index is 658. The summed E-state index contributed by atoms with van der Waals surface area (Å²) >= 11 is 3.45. The minimum absolute atomic E-state index is 0.592. The van der Waals surface area contributed by atoms with E-state index in [2.05, 4.69) is 48.3 Å². The third-order valence-electron chi connectivity index (χ3n) is 3.32. The molecule has 23 heavy (non-hydrogen) atoms. The molecule has 0 atom stereocenters. The first-order chi connectivity index (χ1) is 11.1. The second kappa shape index (κ2) is 8.53. The Morgan fingerprint density at radius 3 is 2.65 bits per heavy atom. The number of ether oxygens (including phenoxy) is 1. The molecule has 2 aromatic rings. The molecule has 5 nitrogen and oxygen atoms in total. The fourth-order valence-corrected chi connectivity index (χ4v) is 2.43. The molecule has 122 valence electrons. The number of benzene rings is 1. The number of rotatable bonds is 5. The second-order valence-corrected chi connectivity index (χ2v) is 5.97. The SMILES string of the molecule is CN=C(NCc1cccc(OC)n1)N(C)Cc1ccc(Br)cc1. The Morgan fingerprint density at radius 2 is 2.00 bits per heavy atom. The van der Waals surface area contributed by atoms with Gasteiger partial charge in [0.15, 0.2) is 5.96 Å². The van der Waals surface area contributed by atoms with E-state index in [1.54, 1.807) is 14.2 Å². The van der Waals surface area contributed by atoms with Gasteiger partial charge in [0.05, 0.1) is 19.3 Å². The van der Waals surface area contributed by atoms with Crippen LogP contribution in [0.15, 0.2) is 51.9 Å². The number of nitrogens with one attached hydrogen (secondary N) is 1. The number of aliphatic imine (C=N–C) groups is 1. The quantitative estimate of drug-likeness (QED) is 0.643. The molecule has 0 radical (unpaired) electrons. The van der Waals surface area contributed by atoms with Crippen molar-refractivity contribution in [3.63, 3.8) is 0 Å². The lowest BCUT2D eigenvalue weighted by molar-refractivity contribution is 0.396. The van der Waals surface area contributed by atoms with E-state index in [1.165, 1.54) is 5.56 Å². The van der Waals surface area contributed by atoms with Crippen molar-refractivity contribution in [1.82, 2.24) is 15.2 Å². The van der Waals surface area contributed by atoms with Crippen molar-refractivity contribution in [2.24, 2.45) is 4.99 Å². The number of hydrogen-bond donors (Lipinski definition) is 1. The summed E-state index contributed by atoms with van der Waals surface area (Å²) < 4.78 is 6.22. The van der Waals surface area contributed by atoms with Crippen molar-refractivity contribution in [3.05, 3.63) is 58.2 Å². The molecule has 0 amide bonds. The van der Waals surface area contributed by atoms with E-state index in [-0.39, 0.29) is 0 Å². The Morgan fingerprint density at radius 1 is 1.26 bits per heavy atom. The second-order valence-electron chi connectivity index (χ2n) is 5.05. The monoisotopic (exact) mass is 376 g/mol. The zero-order valence-corrected chi connectivity index (χ0v) is 15.2. The van der Waals surface area contributed by atoms with Gasteiger partial charge < -0.3 is 15.0 Å². The maximum absolute atomic E-state index is 5.14. The van der Waals surface area contributed by atoms with Crippen LogP contribution in [0.2, 0.25) is 0 Å². The van der Waals surface area contributed by atoms with Crippen LogP contribution in [-0.2, 0) is 13.1 Å². The Kier molecular flexibility index (Phi) is 6.40. The van der Waals surface area contributed by atoms with Crippen LogP contribution in [0.3, 0.4) is 0 Å². The fraction of sp³-hybridized carbons (Fsp3) is 0.294. The molecule has 0 aliphatic rings. The Balaban J connectivity index is 1.95. The maximum atomic E-state index is 5.14. The summed E-state index contributed by atoms with van der Waals surface area (Å²) in [5, 5.41) is 3.32. The molecule has 1 aromatic heterocycles. The number of pyridine rings is 1. The molecule has 0 spiro atoms. The predicted octanol–water partition coefficient (Wildman–Crippen LogP) is 3.06. The third kappa shape index (κ3) is 5.25. The molecular weight excluding hydrogens is 356 g/mol. The van der Waals surface area contributed by atoms with E-state index in [1.807, 2.05) is 37.4 Å². The maximum Gasteiger partial charge on any atom is 0.213 e. The van der Waals surface area contributed by atoms with E-state index in [4.69, 9.17) is 4.74 Å². The number of halogens is 1. The molecule has 0 bridgehead atoms. The van der Waals surface area contributed by atoms with E-state index < -0.39 is 0 Å². The van der Waals surface area contributed by atoms with Crippen LogP contribution >= 0.6 is 15.9 Å². The van der Waals surface area contributed by atoms with Crippen molar-refractivity contribution in [2.75, 3.05) is 21.2 Å². The molecule has 0 saturated carbocycles. The summed E-state index contributed by atoms with van der Waals surface area (Å²) in [6, 6.07) is 14.0. The minimum atomic E-state index is 0.592. The van der Waals surface area contributed by atoms with Gasteiger partial charge >= 0.3 is 0 Å². The Labute approximate surface area is 145 Å². The molecule has 0 aliphatic carbocycles. The average Bonchev–Trinajstić information content (AvgIpc) is 2.57. The van der Waals surface area contributed by atoms with E-state index in [0.29, 0.717) is 12.4 Å². The van der Waals surface area contributed by atoms with Crippen molar-refractivity contribution in [2.45, 2.75) is 13.1 Å². The highest BCUT2D eigenvalue weighted by Gasteiger charge is 2.07. The van der Waals surface area contributed by atoms with Crippen molar-refractivity contribution in [3.8, 4) is 5.88 Å². The molecule has 0 saturated heterocycles. The summed E-state index contributed by atoms with van der Waals surface area (Å²) in [5.41, 5.74) is 2.13. The van der Waals surface area contributed by atoms with Gasteiger partial charge in [-0.2, -0.15) is 0 Å².